The number of rotatable bonds is 4. The van der Waals surface area contributed by atoms with Gasteiger partial charge in [0.1, 0.15) is 18.0 Å². The van der Waals surface area contributed by atoms with E-state index < -0.39 is 0 Å². The first-order valence-corrected chi connectivity index (χ1v) is 10.1. The van der Waals surface area contributed by atoms with Crippen LogP contribution in [0.2, 0.25) is 0 Å². The van der Waals surface area contributed by atoms with Crippen molar-refractivity contribution in [2.24, 2.45) is 0 Å². The maximum Gasteiger partial charge on any atom is 0.410 e. The third-order valence-corrected chi connectivity index (χ3v) is 5.17. The van der Waals surface area contributed by atoms with Crippen LogP contribution in [0.3, 0.4) is 0 Å². The first kappa shape index (κ1) is 20.1. The molecule has 0 aliphatic carbocycles. The van der Waals surface area contributed by atoms with Crippen LogP contribution in [-0.2, 0) is 4.74 Å². The number of likely N-dealkylation sites (tertiary alicyclic amines) is 1. The molecule has 9 heteroatoms. The fourth-order valence-corrected chi connectivity index (χ4v) is 3.65. The predicted molar refractivity (Wildman–Crippen MR) is 111 cm³/mol. The van der Waals surface area contributed by atoms with Gasteiger partial charge in [-0.3, -0.25) is 0 Å². The molecule has 2 aromatic heterocycles. The van der Waals surface area contributed by atoms with Gasteiger partial charge in [-0.2, -0.15) is 5.10 Å². The van der Waals surface area contributed by atoms with Gasteiger partial charge in [0, 0.05) is 13.1 Å². The van der Waals surface area contributed by atoms with Crippen molar-refractivity contribution in [2.75, 3.05) is 18.4 Å². The number of nitrogens with one attached hydrogen (secondary N) is 1. The molecular weight excluding hydrogens is 387 g/mol. The number of hydrogen-bond acceptors (Lipinski definition) is 6. The van der Waals surface area contributed by atoms with Gasteiger partial charge in [-0.1, -0.05) is 6.07 Å². The number of benzene rings is 1. The Morgan fingerprint density at radius 2 is 2.03 bits per heavy atom. The topological polar surface area (TPSA) is 85.2 Å². The molecule has 0 atom stereocenters. The SMILES string of the molecule is Cc1ccc(Nc2ncnc3c2cnn3C2CCN(C(=O)OC(C)C)CC2)c(F)c1. The quantitative estimate of drug-likeness (QED) is 0.691. The smallest absolute Gasteiger partial charge is 0.410 e. The van der Waals surface area contributed by atoms with Crippen LogP contribution >= 0.6 is 0 Å². The van der Waals surface area contributed by atoms with Gasteiger partial charge < -0.3 is 15.0 Å². The van der Waals surface area contributed by atoms with Crippen molar-refractivity contribution >= 4 is 28.6 Å². The number of fused-ring (bicyclic) bond motifs is 1. The van der Waals surface area contributed by atoms with Crippen LogP contribution in [0.5, 0.6) is 0 Å². The molecule has 1 aromatic carbocycles. The average Bonchev–Trinajstić information content (AvgIpc) is 3.15. The Bertz CT molecular complexity index is 1060. The van der Waals surface area contributed by atoms with Gasteiger partial charge in [-0.05, 0) is 51.3 Å². The Labute approximate surface area is 174 Å². The monoisotopic (exact) mass is 412 g/mol. The van der Waals surface area contributed by atoms with Crippen LogP contribution in [0.15, 0.2) is 30.7 Å². The number of piperidine rings is 1. The van der Waals surface area contributed by atoms with Gasteiger partial charge in [0.2, 0.25) is 0 Å². The summed E-state index contributed by atoms with van der Waals surface area (Å²) in [6.07, 6.45) is 4.24. The predicted octanol–water partition coefficient (Wildman–Crippen LogP) is 4.20. The molecule has 1 fully saturated rings. The highest BCUT2D eigenvalue weighted by Gasteiger charge is 2.27. The van der Waals surface area contributed by atoms with Gasteiger partial charge in [0.05, 0.1) is 29.4 Å². The molecule has 3 aromatic rings. The average molecular weight is 412 g/mol. The Kier molecular flexibility index (Phi) is 5.52. The maximum atomic E-state index is 14.2. The first-order chi connectivity index (χ1) is 14.4. The van der Waals surface area contributed by atoms with Crippen LogP contribution in [0.4, 0.5) is 20.7 Å². The van der Waals surface area contributed by atoms with Gasteiger partial charge >= 0.3 is 6.09 Å². The lowest BCUT2D eigenvalue weighted by Crippen LogP contribution is -2.40. The zero-order valence-corrected chi connectivity index (χ0v) is 17.3. The summed E-state index contributed by atoms with van der Waals surface area (Å²) < 4.78 is 21.4. The lowest BCUT2D eigenvalue weighted by atomic mass is 10.1. The second kappa shape index (κ2) is 8.25. The van der Waals surface area contributed by atoms with E-state index in [9.17, 15) is 9.18 Å². The number of ether oxygens (including phenoxy) is 1. The molecule has 30 heavy (non-hydrogen) atoms. The summed E-state index contributed by atoms with van der Waals surface area (Å²) in [5.41, 5.74) is 1.89. The van der Waals surface area contributed by atoms with Crippen LogP contribution in [0.25, 0.3) is 11.0 Å². The van der Waals surface area contributed by atoms with Crippen LogP contribution in [-0.4, -0.2) is 49.9 Å². The number of carbonyl (C=O) groups excluding carboxylic acids is 1. The van der Waals surface area contributed by atoms with Crippen molar-refractivity contribution in [3.63, 3.8) is 0 Å². The fraction of sp³-hybridized carbons (Fsp3) is 0.429. The minimum absolute atomic E-state index is 0.115. The highest BCUT2D eigenvalue weighted by molar-refractivity contribution is 5.88. The number of amides is 1. The Balaban J connectivity index is 1.52. The molecule has 8 nitrogen and oxygen atoms in total. The maximum absolute atomic E-state index is 14.2. The third-order valence-electron chi connectivity index (χ3n) is 5.17. The van der Waals surface area contributed by atoms with E-state index in [2.05, 4.69) is 20.4 Å². The number of aryl methyl sites for hydroxylation is 1. The number of aromatic nitrogens is 4. The van der Waals surface area contributed by atoms with Gasteiger partial charge in [0.15, 0.2) is 5.65 Å². The number of halogens is 1. The molecule has 0 radical (unpaired) electrons. The minimum atomic E-state index is -0.338. The molecule has 0 spiro atoms. The van der Waals surface area contributed by atoms with Crippen LogP contribution in [0, 0.1) is 12.7 Å². The lowest BCUT2D eigenvalue weighted by molar-refractivity contribution is 0.0656. The van der Waals surface area contributed by atoms with E-state index in [1.54, 1.807) is 17.2 Å². The Morgan fingerprint density at radius 3 is 2.73 bits per heavy atom. The molecule has 1 aliphatic heterocycles. The largest absolute Gasteiger partial charge is 0.447 e. The number of carbonyl (C=O) groups is 1. The normalized spacial score (nSPS) is 15.0. The zero-order valence-electron chi connectivity index (χ0n) is 17.3. The Morgan fingerprint density at radius 1 is 1.27 bits per heavy atom. The second-order valence-electron chi connectivity index (χ2n) is 7.81. The van der Waals surface area contributed by atoms with E-state index in [0.29, 0.717) is 30.2 Å². The lowest BCUT2D eigenvalue weighted by Gasteiger charge is -2.31. The van der Waals surface area contributed by atoms with Gasteiger partial charge in [-0.15, -0.1) is 0 Å². The molecule has 1 aliphatic rings. The summed E-state index contributed by atoms with van der Waals surface area (Å²) in [6.45, 7) is 6.72. The molecule has 3 heterocycles. The summed E-state index contributed by atoms with van der Waals surface area (Å²) in [4.78, 5) is 22.5. The Hall–Kier alpha value is -3.23. The fourth-order valence-electron chi connectivity index (χ4n) is 3.65. The summed E-state index contributed by atoms with van der Waals surface area (Å²) >= 11 is 0. The van der Waals surface area contributed by atoms with Crippen LogP contribution in [0.1, 0.15) is 38.3 Å². The van der Waals surface area contributed by atoms with Crippen LogP contribution < -0.4 is 5.32 Å². The molecule has 1 N–H and O–H groups in total. The molecule has 1 amide bonds. The molecule has 0 unspecified atom stereocenters. The van der Waals surface area contributed by atoms with Crippen molar-refractivity contribution in [3.8, 4) is 0 Å². The van der Waals surface area contributed by atoms with E-state index in [1.807, 2.05) is 31.5 Å². The highest BCUT2D eigenvalue weighted by atomic mass is 19.1. The van der Waals surface area contributed by atoms with E-state index in [0.717, 1.165) is 23.8 Å². The minimum Gasteiger partial charge on any atom is -0.447 e. The summed E-state index contributed by atoms with van der Waals surface area (Å²) in [7, 11) is 0. The van der Waals surface area contributed by atoms with E-state index in [-0.39, 0.29) is 24.1 Å². The van der Waals surface area contributed by atoms with Crippen molar-refractivity contribution in [2.45, 2.75) is 45.8 Å². The van der Waals surface area contributed by atoms with E-state index in [4.69, 9.17) is 4.74 Å². The molecule has 4 rings (SSSR count). The van der Waals surface area contributed by atoms with Crippen molar-refractivity contribution in [1.29, 1.82) is 0 Å². The molecule has 158 valence electrons. The van der Waals surface area contributed by atoms with E-state index >= 15 is 0 Å². The standard InChI is InChI=1S/C21H25FN6O2/c1-13(2)30-21(29)27-8-6-15(7-9-27)28-20-16(11-25-28)19(23-12-24-20)26-18-5-4-14(3)10-17(18)22/h4-5,10-13,15H,6-9H2,1-3H3,(H,23,24,26). The van der Waals surface area contributed by atoms with Crippen molar-refractivity contribution < 1.29 is 13.9 Å². The summed E-state index contributed by atoms with van der Waals surface area (Å²) in [6, 6.07) is 5.12. The summed E-state index contributed by atoms with van der Waals surface area (Å²) in [5, 5.41) is 8.29. The van der Waals surface area contributed by atoms with Gasteiger partial charge in [-0.25, -0.2) is 23.8 Å². The third kappa shape index (κ3) is 4.05. The first-order valence-electron chi connectivity index (χ1n) is 10.1. The van der Waals surface area contributed by atoms with Crippen molar-refractivity contribution in [3.05, 3.63) is 42.1 Å². The summed E-state index contributed by atoms with van der Waals surface area (Å²) in [5.74, 6) is 0.168. The van der Waals surface area contributed by atoms with Crippen molar-refractivity contribution in [1.82, 2.24) is 24.6 Å². The molecular formula is C21H25FN6O2. The molecule has 1 saturated heterocycles. The number of hydrogen-bond donors (Lipinski definition) is 1. The van der Waals surface area contributed by atoms with Gasteiger partial charge in [0.25, 0.3) is 0 Å². The molecule has 0 saturated carbocycles. The number of anilines is 2. The molecule has 0 bridgehead atoms. The second-order valence-corrected chi connectivity index (χ2v) is 7.81. The number of nitrogens with zero attached hydrogens (tertiary/aromatic N) is 5. The highest BCUT2D eigenvalue weighted by Crippen LogP contribution is 2.29. The zero-order chi connectivity index (χ0) is 21.3. The van der Waals surface area contributed by atoms with E-state index in [1.165, 1.54) is 12.4 Å².